The predicted octanol–water partition coefficient (Wildman–Crippen LogP) is 3.98. The molecule has 4 heterocycles. The molecule has 0 unspecified atom stereocenters. The highest BCUT2D eigenvalue weighted by Crippen LogP contribution is 2.26. The number of rotatable bonds is 4. The van der Waals surface area contributed by atoms with Crippen molar-refractivity contribution in [3.63, 3.8) is 0 Å². The van der Waals surface area contributed by atoms with Gasteiger partial charge >= 0.3 is 0 Å². The molecule has 4 aromatic heterocycles. The van der Waals surface area contributed by atoms with E-state index in [1.54, 1.807) is 23.3 Å². The quantitative estimate of drug-likeness (QED) is 0.507. The molecule has 0 atom stereocenters. The smallest absolute Gasteiger partial charge is 0.244 e. The Kier molecular flexibility index (Phi) is 4.28. The second-order valence-electron chi connectivity index (χ2n) is 6.24. The summed E-state index contributed by atoms with van der Waals surface area (Å²) < 4.78 is 4.49. The van der Waals surface area contributed by atoms with Gasteiger partial charge in [0.05, 0.1) is 27.8 Å². The first kappa shape index (κ1) is 16.8. The van der Waals surface area contributed by atoms with Crippen LogP contribution < -0.4 is 0 Å². The van der Waals surface area contributed by atoms with Gasteiger partial charge in [0.1, 0.15) is 0 Å². The molecular formula is C18H18BrN7. The summed E-state index contributed by atoms with van der Waals surface area (Å²) in [5.74, 6) is 0.502. The van der Waals surface area contributed by atoms with Crippen LogP contribution in [-0.4, -0.2) is 34.5 Å². The highest BCUT2D eigenvalue weighted by atomic mass is 79.9. The lowest BCUT2D eigenvalue weighted by molar-refractivity contribution is 0.540. The number of hydrogen-bond donors (Lipinski definition) is 0. The number of aromatic nitrogens is 7. The van der Waals surface area contributed by atoms with Gasteiger partial charge < -0.3 is 0 Å². The van der Waals surface area contributed by atoms with Gasteiger partial charge in [-0.05, 0) is 54.4 Å². The van der Waals surface area contributed by atoms with Crippen molar-refractivity contribution in [1.82, 2.24) is 34.5 Å². The van der Waals surface area contributed by atoms with Crippen molar-refractivity contribution in [3.05, 3.63) is 47.0 Å². The fourth-order valence-corrected chi connectivity index (χ4v) is 3.12. The zero-order chi connectivity index (χ0) is 18.3. The van der Waals surface area contributed by atoms with Gasteiger partial charge in [-0.25, -0.2) is 19.6 Å². The Morgan fingerprint density at radius 3 is 2.58 bits per heavy atom. The summed E-state index contributed by atoms with van der Waals surface area (Å²) in [6.45, 7) is 6.33. The van der Waals surface area contributed by atoms with Crippen LogP contribution in [0.5, 0.6) is 0 Å². The third-order valence-corrected chi connectivity index (χ3v) is 4.57. The molecule has 26 heavy (non-hydrogen) atoms. The first-order valence-electron chi connectivity index (χ1n) is 8.49. The van der Waals surface area contributed by atoms with Crippen LogP contribution >= 0.6 is 15.9 Å². The van der Waals surface area contributed by atoms with Gasteiger partial charge in [-0.3, -0.25) is 0 Å². The maximum Gasteiger partial charge on any atom is 0.251 e. The molecule has 8 heteroatoms. The molecule has 0 aliphatic heterocycles. The first-order chi connectivity index (χ1) is 12.6. The Bertz CT molecular complexity index is 1060. The number of nitrogens with zero attached hydrogens (tertiary/aromatic N) is 7. The normalized spacial score (nSPS) is 11.6. The molecule has 0 aliphatic rings. The van der Waals surface area contributed by atoms with Crippen molar-refractivity contribution >= 4 is 27.0 Å². The van der Waals surface area contributed by atoms with E-state index >= 15 is 0 Å². The van der Waals surface area contributed by atoms with E-state index in [9.17, 15) is 0 Å². The van der Waals surface area contributed by atoms with E-state index in [1.807, 2.05) is 16.8 Å². The minimum absolute atomic E-state index is 0.236. The number of aryl methyl sites for hydroxylation is 1. The second-order valence-corrected chi connectivity index (χ2v) is 7.15. The van der Waals surface area contributed by atoms with E-state index in [0.717, 1.165) is 39.0 Å². The standard InChI is InChI=1S/C18H18BrN7/c1-4-14-13-5-6-15(23-17(13)25(24-14)11(2)3)16-7-8-22-26(16)18-20-9-12(19)10-21-18/h5-11H,4H2,1-3H3. The Balaban J connectivity index is 1.87. The molecule has 4 rings (SSSR count). The van der Waals surface area contributed by atoms with Crippen LogP contribution in [0.1, 0.15) is 32.5 Å². The minimum Gasteiger partial charge on any atom is -0.244 e. The van der Waals surface area contributed by atoms with Gasteiger partial charge in [0, 0.05) is 23.8 Å². The SMILES string of the molecule is CCc1nn(C(C)C)c2nc(-c3ccnn3-c3ncc(Br)cn3)ccc12. The van der Waals surface area contributed by atoms with Gasteiger partial charge in [-0.1, -0.05) is 6.92 Å². The molecule has 4 aromatic rings. The van der Waals surface area contributed by atoms with E-state index in [2.05, 4.69) is 57.8 Å². The van der Waals surface area contributed by atoms with Gasteiger partial charge in [0.2, 0.25) is 0 Å². The highest BCUT2D eigenvalue weighted by Gasteiger charge is 2.16. The van der Waals surface area contributed by atoms with Gasteiger partial charge in [0.15, 0.2) is 5.65 Å². The average molecular weight is 412 g/mol. The first-order valence-corrected chi connectivity index (χ1v) is 9.28. The summed E-state index contributed by atoms with van der Waals surface area (Å²) in [4.78, 5) is 13.5. The van der Waals surface area contributed by atoms with Crippen LogP contribution in [-0.2, 0) is 6.42 Å². The maximum absolute atomic E-state index is 4.89. The topological polar surface area (TPSA) is 74.3 Å². The van der Waals surface area contributed by atoms with E-state index in [4.69, 9.17) is 10.1 Å². The van der Waals surface area contributed by atoms with Crippen LogP contribution in [0.15, 0.2) is 41.3 Å². The van der Waals surface area contributed by atoms with Crippen molar-refractivity contribution < 1.29 is 0 Å². The lowest BCUT2D eigenvalue weighted by Gasteiger charge is -2.08. The molecule has 0 amide bonds. The molecule has 132 valence electrons. The largest absolute Gasteiger partial charge is 0.251 e. The van der Waals surface area contributed by atoms with Crippen LogP contribution in [0.2, 0.25) is 0 Å². The van der Waals surface area contributed by atoms with Gasteiger partial charge in [-0.15, -0.1) is 0 Å². The van der Waals surface area contributed by atoms with Crippen LogP contribution in [0.25, 0.3) is 28.4 Å². The summed E-state index contributed by atoms with van der Waals surface area (Å²) in [6.07, 6.45) is 6.00. The third kappa shape index (κ3) is 2.80. The fourth-order valence-electron chi connectivity index (χ4n) is 2.91. The monoisotopic (exact) mass is 411 g/mol. The van der Waals surface area contributed by atoms with E-state index < -0.39 is 0 Å². The minimum atomic E-state index is 0.236. The second kappa shape index (κ2) is 6.60. The summed E-state index contributed by atoms with van der Waals surface area (Å²) >= 11 is 3.35. The molecule has 0 bridgehead atoms. The Hall–Kier alpha value is -2.61. The molecule has 0 fully saturated rings. The number of pyridine rings is 1. The summed E-state index contributed by atoms with van der Waals surface area (Å²) in [6, 6.07) is 6.24. The van der Waals surface area contributed by atoms with Crippen molar-refractivity contribution in [2.24, 2.45) is 0 Å². The molecule has 0 N–H and O–H groups in total. The van der Waals surface area contributed by atoms with Crippen LogP contribution in [0, 0.1) is 0 Å². The zero-order valence-electron chi connectivity index (χ0n) is 14.8. The zero-order valence-corrected chi connectivity index (χ0v) is 16.3. The maximum atomic E-state index is 4.89. The molecule has 0 saturated heterocycles. The lowest BCUT2D eigenvalue weighted by Crippen LogP contribution is -2.06. The van der Waals surface area contributed by atoms with E-state index in [-0.39, 0.29) is 6.04 Å². The van der Waals surface area contributed by atoms with E-state index in [0.29, 0.717) is 5.95 Å². The van der Waals surface area contributed by atoms with Gasteiger partial charge in [-0.2, -0.15) is 14.9 Å². The number of fused-ring (bicyclic) bond motifs is 1. The van der Waals surface area contributed by atoms with E-state index in [1.165, 1.54) is 0 Å². The number of halogens is 1. The summed E-state index contributed by atoms with van der Waals surface area (Å²) in [5, 5.41) is 10.2. The molecule has 7 nitrogen and oxygen atoms in total. The molecule has 0 spiro atoms. The van der Waals surface area contributed by atoms with Crippen molar-refractivity contribution in [1.29, 1.82) is 0 Å². The number of hydrogen-bond acceptors (Lipinski definition) is 5. The Morgan fingerprint density at radius 2 is 1.88 bits per heavy atom. The average Bonchev–Trinajstić information content (AvgIpc) is 3.26. The van der Waals surface area contributed by atoms with Crippen molar-refractivity contribution in [2.75, 3.05) is 0 Å². The van der Waals surface area contributed by atoms with Crippen molar-refractivity contribution in [3.8, 4) is 17.3 Å². The molecular weight excluding hydrogens is 394 g/mol. The molecule has 0 saturated carbocycles. The fraction of sp³-hybridized carbons (Fsp3) is 0.278. The molecule has 0 aliphatic carbocycles. The predicted molar refractivity (Wildman–Crippen MR) is 103 cm³/mol. The molecule has 0 radical (unpaired) electrons. The summed E-state index contributed by atoms with van der Waals surface area (Å²) in [7, 11) is 0. The van der Waals surface area contributed by atoms with Gasteiger partial charge in [0.25, 0.3) is 5.95 Å². The van der Waals surface area contributed by atoms with Crippen LogP contribution in [0.3, 0.4) is 0 Å². The summed E-state index contributed by atoms with van der Waals surface area (Å²) in [5.41, 5.74) is 3.60. The lowest BCUT2D eigenvalue weighted by atomic mass is 10.2. The highest BCUT2D eigenvalue weighted by molar-refractivity contribution is 9.10. The Morgan fingerprint density at radius 1 is 1.12 bits per heavy atom. The molecule has 0 aromatic carbocycles. The Labute approximate surface area is 159 Å². The van der Waals surface area contributed by atoms with Crippen LogP contribution in [0.4, 0.5) is 0 Å². The van der Waals surface area contributed by atoms with Crippen molar-refractivity contribution in [2.45, 2.75) is 33.2 Å². The third-order valence-electron chi connectivity index (χ3n) is 4.16.